The van der Waals surface area contributed by atoms with Crippen LogP contribution in [0.25, 0.3) is 11.4 Å². The maximum atomic E-state index is 13.2. The van der Waals surface area contributed by atoms with Gasteiger partial charge in [0.15, 0.2) is 0 Å². The molecular formula is C14H16F2N4. The lowest BCUT2D eigenvalue weighted by molar-refractivity contribution is 0.231. The molecule has 2 heterocycles. The van der Waals surface area contributed by atoms with E-state index in [1.165, 1.54) is 12.1 Å². The van der Waals surface area contributed by atoms with E-state index in [9.17, 15) is 8.78 Å². The summed E-state index contributed by atoms with van der Waals surface area (Å²) in [5.74, 6) is -0.700. The van der Waals surface area contributed by atoms with E-state index in [0.717, 1.165) is 44.5 Å². The second-order valence-electron chi connectivity index (χ2n) is 4.94. The molecule has 0 spiro atoms. The number of H-pyrrole nitrogens is 1. The zero-order valence-electron chi connectivity index (χ0n) is 11.0. The number of piperazine rings is 1. The Hall–Kier alpha value is -1.79. The van der Waals surface area contributed by atoms with Gasteiger partial charge in [-0.1, -0.05) is 0 Å². The average Bonchev–Trinajstić information content (AvgIpc) is 2.87. The van der Waals surface area contributed by atoms with Gasteiger partial charge in [-0.05, 0) is 12.1 Å². The van der Waals surface area contributed by atoms with Crippen LogP contribution in [-0.2, 0) is 6.54 Å². The predicted molar refractivity (Wildman–Crippen MR) is 72.1 cm³/mol. The molecule has 0 amide bonds. The van der Waals surface area contributed by atoms with E-state index >= 15 is 0 Å². The average molecular weight is 278 g/mol. The van der Waals surface area contributed by atoms with Crippen LogP contribution in [0, 0.1) is 11.6 Å². The number of aromatic amines is 1. The molecule has 0 unspecified atom stereocenters. The number of hydrogen-bond donors (Lipinski definition) is 2. The Balaban J connectivity index is 1.75. The molecule has 20 heavy (non-hydrogen) atoms. The van der Waals surface area contributed by atoms with Crippen LogP contribution in [0.4, 0.5) is 8.78 Å². The standard InChI is InChI=1S/C14H16F2N4/c15-11-5-10(6-12(16)7-11)14-18-8-13(19-14)9-20-3-1-17-2-4-20/h5-8,17H,1-4,9H2,(H,18,19). The van der Waals surface area contributed by atoms with Gasteiger partial charge in [0.2, 0.25) is 0 Å². The van der Waals surface area contributed by atoms with Gasteiger partial charge in [0, 0.05) is 56.2 Å². The van der Waals surface area contributed by atoms with E-state index in [1.54, 1.807) is 6.20 Å². The monoisotopic (exact) mass is 278 g/mol. The van der Waals surface area contributed by atoms with Crippen molar-refractivity contribution in [2.75, 3.05) is 26.2 Å². The van der Waals surface area contributed by atoms with Gasteiger partial charge in [0.05, 0.1) is 0 Å². The maximum Gasteiger partial charge on any atom is 0.137 e. The molecule has 1 aromatic heterocycles. The van der Waals surface area contributed by atoms with Crippen molar-refractivity contribution in [1.29, 1.82) is 0 Å². The van der Waals surface area contributed by atoms with Crippen molar-refractivity contribution in [3.05, 3.63) is 41.7 Å². The van der Waals surface area contributed by atoms with E-state index in [0.29, 0.717) is 11.4 Å². The van der Waals surface area contributed by atoms with Crippen LogP contribution in [0.15, 0.2) is 24.4 Å². The number of halogens is 2. The fraction of sp³-hybridized carbons (Fsp3) is 0.357. The number of benzene rings is 1. The Morgan fingerprint density at radius 1 is 1.10 bits per heavy atom. The summed E-state index contributed by atoms with van der Waals surface area (Å²) in [7, 11) is 0. The third kappa shape index (κ3) is 3.02. The molecule has 4 nitrogen and oxygen atoms in total. The van der Waals surface area contributed by atoms with Crippen LogP contribution in [0.1, 0.15) is 5.69 Å². The number of rotatable bonds is 3. The minimum atomic E-state index is -0.597. The van der Waals surface area contributed by atoms with Crippen molar-refractivity contribution >= 4 is 0 Å². The molecule has 0 bridgehead atoms. The third-order valence-electron chi connectivity index (χ3n) is 3.37. The van der Waals surface area contributed by atoms with E-state index in [1.807, 2.05) is 0 Å². The molecule has 1 aliphatic rings. The quantitative estimate of drug-likeness (QED) is 0.899. The Morgan fingerprint density at radius 2 is 1.80 bits per heavy atom. The van der Waals surface area contributed by atoms with Crippen LogP contribution in [-0.4, -0.2) is 41.0 Å². The minimum absolute atomic E-state index is 0.425. The summed E-state index contributed by atoms with van der Waals surface area (Å²) < 4.78 is 26.4. The fourth-order valence-electron chi connectivity index (χ4n) is 2.39. The first-order valence-corrected chi connectivity index (χ1v) is 6.64. The molecule has 1 aromatic carbocycles. The zero-order chi connectivity index (χ0) is 13.9. The first-order valence-electron chi connectivity index (χ1n) is 6.64. The molecule has 2 aromatic rings. The Kier molecular flexibility index (Phi) is 3.75. The predicted octanol–water partition coefficient (Wildman–Crippen LogP) is 1.76. The number of imidazole rings is 1. The van der Waals surface area contributed by atoms with Crippen molar-refractivity contribution in [3.63, 3.8) is 0 Å². The number of aromatic nitrogens is 2. The first-order chi connectivity index (χ1) is 9.70. The highest BCUT2D eigenvalue weighted by Gasteiger charge is 2.12. The zero-order valence-corrected chi connectivity index (χ0v) is 11.0. The number of hydrogen-bond acceptors (Lipinski definition) is 3. The molecule has 0 radical (unpaired) electrons. The largest absolute Gasteiger partial charge is 0.341 e. The molecular weight excluding hydrogens is 262 g/mol. The van der Waals surface area contributed by atoms with E-state index < -0.39 is 11.6 Å². The maximum absolute atomic E-state index is 13.2. The minimum Gasteiger partial charge on any atom is -0.341 e. The lowest BCUT2D eigenvalue weighted by Gasteiger charge is -2.26. The van der Waals surface area contributed by atoms with Crippen LogP contribution in [0.5, 0.6) is 0 Å². The summed E-state index contributed by atoms with van der Waals surface area (Å²) >= 11 is 0. The second-order valence-corrected chi connectivity index (χ2v) is 4.94. The second kappa shape index (κ2) is 5.68. The topological polar surface area (TPSA) is 44.0 Å². The summed E-state index contributed by atoms with van der Waals surface area (Å²) in [4.78, 5) is 9.63. The van der Waals surface area contributed by atoms with Gasteiger partial charge in [-0.25, -0.2) is 13.8 Å². The van der Waals surface area contributed by atoms with Gasteiger partial charge in [-0.15, -0.1) is 0 Å². The summed E-state index contributed by atoms with van der Waals surface area (Å²) in [5, 5.41) is 3.29. The van der Waals surface area contributed by atoms with Gasteiger partial charge >= 0.3 is 0 Å². The van der Waals surface area contributed by atoms with E-state index in [4.69, 9.17) is 0 Å². The van der Waals surface area contributed by atoms with Crippen molar-refractivity contribution in [2.45, 2.75) is 6.54 Å². The van der Waals surface area contributed by atoms with Crippen LogP contribution in [0.3, 0.4) is 0 Å². The summed E-state index contributed by atoms with van der Waals surface area (Å²) in [5.41, 5.74) is 1.38. The van der Waals surface area contributed by atoms with Gasteiger partial charge < -0.3 is 10.3 Å². The molecule has 106 valence electrons. The Labute approximate surface area is 115 Å². The molecule has 2 N–H and O–H groups in total. The van der Waals surface area contributed by atoms with Crippen LogP contribution >= 0.6 is 0 Å². The Morgan fingerprint density at radius 3 is 2.50 bits per heavy atom. The molecule has 0 aliphatic carbocycles. The molecule has 3 rings (SSSR count). The van der Waals surface area contributed by atoms with E-state index in [2.05, 4.69) is 20.2 Å². The first kappa shape index (κ1) is 13.2. The summed E-state index contributed by atoms with van der Waals surface area (Å²) in [6.45, 7) is 4.71. The van der Waals surface area contributed by atoms with Crippen molar-refractivity contribution < 1.29 is 8.78 Å². The molecule has 1 aliphatic heterocycles. The van der Waals surface area contributed by atoms with E-state index in [-0.39, 0.29) is 0 Å². The van der Waals surface area contributed by atoms with Crippen LogP contribution in [0.2, 0.25) is 0 Å². The third-order valence-corrected chi connectivity index (χ3v) is 3.37. The fourth-order valence-corrected chi connectivity index (χ4v) is 2.39. The van der Waals surface area contributed by atoms with Gasteiger partial charge in [0.1, 0.15) is 17.5 Å². The highest BCUT2D eigenvalue weighted by atomic mass is 19.1. The molecule has 1 saturated heterocycles. The SMILES string of the molecule is Fc1cc(F)cc(-c2ncc(CN3CCNCC3)[nH]2)c1. The number of nitrogens with one attached hydrogen (secondary N) is 2. The lowest BCUT2D eigenvalue weighted by Crippen LogP contribution is -2.42. The smallest absolute Gasteiger partial charge is 0.137 e. The van der Waals surface area contributed by atoms with Gasteiger partial charge in [-0.2, -0.15) is 0 Å². The molecule has 0 atom stereocenters. The highest BCUT2D eigenvalue weighted by molar-refractivity contribution is 5.55. The summed E-state index contributed by atoms with van der Waals surface area (Å²) in [6.07, 6.45) is 1.72. The van der Waals surface area contributed by atoms with Gasteiger partial charge in [0.25, 0.3) is 0 Å². The Bertz CT molecular complexity index is 570. The van der Waals surface area contributed by atoms with Crippen molar-refractivity contribution in [2.24, 2.45) is 0 Å². The van der Waals surface area contributed by atoms with Gasteiger partial charge in [-0.3, -0.25) is 4.90 Å². The normalized spacial score (nSPS) is 16.5. The molecule has 0 saturated carbocycles. The van der Waals surface area contributed by atoms with Crippen molar-refractivity contribution in [1.82, 2.24) is 20.2 Å². The molecule has 6 heteroatoms. The number of nitrogens with zero attached hydrogens (tertiary/aromatic N) is 2. The highest BCUT2D eigenvalue weighted by Crippen LogP contribution is 2.19. The lowest BCUT2D eigenvalue weighted by atomic mass is 10.2. The summed E-state index contributed by atoms with van der Waals surface area (Å²) in [6, 6.07) is 3.40. The van der Waals surface area contributed by atoms with Crippen molar-refractivity contribution in [3.8, 4) is 11.4 Å². The molecule has 1 fully saturated rings. The van der Waals surface area contributed by atoms with Crippen LogP contribution < -0.4 is 5.32 Å².